The number of hydrogen-bond acceptors (Lipinski definition) is 4. The first-order valence-corrected chi connectivity index (χ1v) is 8.85. The Labute approximate surface area is 155 Å². The van der Waals surface area contributed by atoms with E-state index >= 15 is 0 Å². The van der Waals surface area contributed by atoms with Gasteiger partial charge in [0.15, 0.2) is 6.10 Å². The van der Waals surface area contributed by atoms with Gasteiger partial charge in [0, 0.05) is 12.8 Å². The first-order valence-electron chi connectivity index (χ1n) is 8.85. The third-order valence-electron chi connectivity index (χ3n) is 3.35. The lowest BCUT2D eigenvalue weighted by molar-refractivity contribution is -0.873. The van der Waals surface area contributed by atoms with Gasteiger partial charge in [0.05, 0.1) is 27.6 Å². The Balaban J connectivity index is 4.01. The van der Waals surface area contributed by atoms with Gasteiger partial charge < -0.3 is 19.4 Å². The standard InChI is InChI=1S/C19H31NO6/c1-20(2,3)15-16(14-18(23)24)26-19(25)13-11-9-7-5-4-6-8-10-12-17(21)22/h4-7,16H,8-15H2,1-3H3,(H-,21,22,23,24)/p+1/b6-4+,7-5+. The van der Waals surface area contributed by atoms with Gasteiger partial charge in [-0.2, -0.15) is 0 Å². The summed E-state index contributed by atoms with van der Waals surface area (Å²) < 4.78 is 5.83. The van der Waals surface area contributed by atoms with Crippen molar-refractivity contribution in [2.75, 3.05) is 27.7 Å². The summed E-state index contributed by atoms with van der Waals surface area (Å²) in [5.74, 6) is -2.13. The predicted octanol–water partition coefficient (Wildman–Crippen LogP) is 2.62. The van der Waals surface area contributed by atoms with E-state index in [1.54, 1.807) is 0 Å². The zero-order chi connectivity index (χ0) is 20.0. The number of carbonyl (C=O) groups excluding carboxylic acids is 1. The first-order chi connectivity index (χ1) is 12.1. The summed E-state index contributed by atoms with van der Waals surface area (Å²) in [5, 5.41) is 17.4. The largest absolute Gasteiger partial charge is 0.481 e. The molecule has 0 aliphatic heterocycles. The number of hydrogen-bond donors (Lipinski definition) is 2. The Morgan fingerprint density at radius 2 is 1.46 bits per heavy atom. The van der Waals surface area contributed by atoms with Gasteiger partial charge >= 0.3 is 17.9 Å². The topological polar surface area (TPSA) is 101 Å². The highest BCUT2D eigenvalue weighted by Crippen LogP contribution is 2.08. The second-order valence-electron chi connectivity index (χ2n) is 7.22. The number of nitrogens with zero attached hydrogens (tertiary/aromatic N) is 1. The van der Waals surface area contributed by atoms with Crippen LogP contribution in [0.4, 0.5) is 0 Å². The van der Waals surface area contributed by atoms with Gasteiger partial charge in [0.2, 0.25) is 0 Å². The molecule has 0 amide bonds. The molecule has 0 aromatic heterocycles. The normalized spacial score (nSPS) is 13.2. The first kappa shape index (κ1) is 23.9. The summed E-state index contributed by atoms with van der Waals surface area (Å²) in [7, 11) is 5.76. The molecule has 0 radical (unpaired) electrons. The molecule has 7 nitrogen and oxygen atoms in total. The molecule has 7 heteroatoms. The SMILES string of the molecule is C[N+](C)(C)CC(CC(=O)O)OC(=O)CCC/C=C/C=C/CCCC(=O)O. The van der Waals surface area contributed by atoms with Crippen molar-refractivity contribution in [2.45, 2.75) is 51.0 Å². The molecule has 26 heavy (non-hydrogen) atoms. The number of ether oxygens (including phenoxy) is 1. The zero-order valence-electron chi connectivity index (χ0n) is 16.0. The van der Waals surface area contributed by atoms with Crippen LogP contribution in [0, 0.1) is 0 Å². The van der Waals surface area contributed by atoms with Crippen molar-refractivity contribution in [3.8, 4) is 0 Å². The van der Waals surface area contributed by atoms with Gasteiger partial charge in [-0.3, -0.25) is 14.4 Å². The number of carboxylic acids is 2. The summed E-state index contributed by atoms with van der Waals surface area (Å²) in [6.45, 7) is 0.449. The minimum absolute atomic E-state index is 0.174. The minimum Gasteiger partial charge on any atom is -0.481 e. The highest BCUT2D eigenvalue weighted by molar-refractivity contribution is 5.71. The quantitative estimate of drug-likeness (QED) is 0.211. The van der Waals surface area contributed by atoms with Gasteiger partial charge in [-0.05, 0) is 25.7 Å². The molecule has 148 valence electrons. The Hall–Kier alpha value is -2.15. The van der Waals surface area contributed by atoms with E-state index in [1.807, 2.05) is 45.4 Å². The molecule has 0 rings (SSSR count). The number of allylic oxidation sites excluding steroid dienone is 4. The maximum absolute atomic E-state index is 11.9. The van der Waals surface area contributed by atoms with E-state index < -0.39 is 18.0 Å². The van der Waals surface area contributed by atoms with Gasteiger partial charge in [-0.1, -0.05) is 24.3 Å². The average molecular weight is 370 g/mol. The van der Waals surface area contributed by atoms with Gasteiger partial charge in [0.1, 0.15) is 6.54 Å². The maximum Gasteiger partial charge on any atom is 0.307 e. The Bertz CT molecular complexity index is 505. The van der Waals surface area contributed by atoms with Crippen LogP contribution in [0.25, 0.3) is 0 Å². The Morgan fingerprint density at radius 1 is 0.923 bits per heavy atom. The number of aliphatic carboxylic acids is 2. The molecule has 0 aliphatic carbocycles. The van der Waals surface area contributed by atoms with Crippen LogP contribution in [0.3, 0.4) is 0 Å². The van der Waals surface area contributed by atoms with E-state index in [0.717, 1.165) is 6.42 Å². The van der Waals surface area contributed by atoms with E-state index in [-0.39, 0.29) is 25.2 Å². The number of carbonyl (C=O) groups is 3. The summed E-state index contributed by atoms with van der Waals surface area (Å²) >= 11 is 0. The molecular weight excluding hydrogens is 338 g/mol. The molecule has 0 fully saturated rings. The van der Waals surface area contributed by atoms with E-state index in [9.17, 15) is 14.4 Å². The fraction of sp³-hybridized carbons (Fsp3) is 0.632. The zero-order valence-corrected chi connectivity index (χ0v) is 16.0. The lowest BCUT2D eigenvalue weighted by Crippen LogP contribution is -2.43. The van der Waals surface area contributed by atoms with Gasteiger partial charge in [0.25, 0.3) is 0 Å². The van der Waals surface area contributed by atoms with Crippen molar-refractivity contribution in [1.82, 2.24) is 0 Å². The van der Waals surface area contributed by atoms with Crippen LogP contribution in [-0.2, 0) is 19.1 Å². The molecule has 0 heterocycles. The molecular formula is C19H32NO6+. The average Bonchev–Trinajstić information content (AvgIpc) is 2.46. The van der Waals surface area contributed by atoms with Crippen molar-refractivity contribution in [2.24, 2.45) is 0 Å². The molecule has 0 aromatic rings. The predicted molar refractivity (Wildman–Crippen MR) is 98.7 cm³/mol. The van der Waals surface area contributed by atoms with Crippen molar-refractivity contribution >= 4 is 17.9 Å². The molecule has 0 aliphatic rings. The Kier molecular flexibility index (Phi) is 12.0. The molecule has 1 unspecified atom stereocenters. The number of carboxylic acid groups (broad SMARTS) is 2. The Morgan fingerprint density at radius 3 is 1.92 bits per heavy atom. The molecule has 0 spiro atoms. The van der Waals surface area contributed by atoms with Crippen LogP contribution < -0.4 is 0 Å². The third-order valence-corrected chi connectivity index (χ3v) is 3.35. The fourth-order valence-corrected chi connectivity index (χ4v) is 2.28. The fourth-order valence-electron chi connectivity index (χ4n) is 2.28. The van der Waals surface area contributed by atoms with Crippen molar-refractivity contribution < 1.29 is 33.8 Å². The molecule has 0 saturated carbocycles. The van der Waals surface area contributed by atoms with Crippen LogP contribution in [0.2, 0.25) is 0 Å². The maximum atomic E-state index is 11.9. The lowest BCUT2D eigenvalue weighted by Gasteiger charge is -2.28. The van der Waals surface area contributed by atoms with E-state index in [0.29, 0.717) is 30.3 Å². The lowest BCUT2D eigenvalue weighted by atomic mass is 10.2. The molecule has 0 saturated heterocycles. The second kappa shape index (κ2) is 13.1. The number of likely N-dealkylation sites (N-methyl/N-ethyl adjacent to an activating group) is 1. The third kappa shape index (κ3) is 16.7. The van der Waals surface area contributed by atoms with Crippen LogP contribution in [0.5, 0.6) is 0 Å². The van der Waals surface area contributed by atoms with Crippen LogP contribution in [0.15, 0.2) is 24.3 Å². The van der Waals surface area contributed by atoms with Crippen molar-refractivity contribution in [1.29, 1.82) is 0 Å². The number of quaternary nitrogens is 1. The summed E-state index contributed by atoms with van der Waals surface area (Å²) in [5.41, 5.74) is 0. The van der Waals surface area contributed by atoms with Crippen molar-refractivity contribution in [3.05, 3.63) is 24.3 Å². The van der Waals surface area contributed by atoms with Crippen molar-refractivity contribution in [3.63, 3.8) is 0 Å². The summed E-state index contributed by atoms with van der Waals surface area (Å²) in [4.78, 5) is 33.1. The van der Waals surface area contributed by atoms with Gasteiger partial charge in [-0.15, -0.1) is 0 Å². The number of esters is 1. The highest BCUT2D eigenvalue weighted by atomic mass is 16.5. The molecule has 0 aromatic carbocycles. The molecule has 2 N–H and O–H groups in total. The van der Waals surface area contributed by atoms with E-state index in [2.05, 4.69) is 0 Å². The highest BCUT2D eigenvalue weighted by Gasteiger charge is 2.24. The summed E-state index contributed by atoms with van der Waals surface area (Å²) in [6, 6.07) is 0. The van der Waals surface area contributed by atoms with Crippen LogP contribution >= 0.6 is 0 Å². The van der Waals surface area contributed by atoms with E-state index in [4.69, 9.17) is 14.9 Å². The molecule has 0 bridgehead atoms. The number of rotatable bonds is 14. The number of unbranched alkanes of at least 4 members (excludes halogenated alkanes) is 2. The minimum atomic E-state index is -0.977. The van der Waals surface area contributed by atoms with E-state index in [1.165, 1.54) is 0 Å². The smallest absolute Gasteiger partial charge is 0.307 e. The molecule has 1 atom stereocenters. The monoisotopic (exact) mass is 370 g/mol. The van der Waals surface area contributed by atoms with Gasteiger partial charge in [-0.25, -0.2) is 0 Å². The summed E-state index contributed by atoms with van der Waals surface area (Å²) in [6.07, 6.45) is 9.89. The van der Waals surface area contributed by atoms with Crippen LogP contribution in [0.1, 0.15) is 44.9 Å². The second-order valence-corrected chi connectivity index (χ2v) is 7.22. The van der Waals surface area contributed by atoms with Crippen LogP contribution in [-0.4, -0.2) is 66.4 Å².